The molecule has 0 spiro atoms. The SMILES string of the molecule is CC(SSC(=S)N1CCOCC1)SC(C)SSC(=S)N1CCOCC1. The van der Waals surface area contributed by atoms with Crippen LogP contribution in [0.2, 0.25) is 0 Å². The molecule has 0 aliphatic carbocycles. The lowest BCUT2D eigenvalue weighted by Gasteiger charge is -2.29. The maximum atomic E-state index is 5.52. The van der Waals surface area contributed by atoms with Gasteiger partial charge >= 0.3 is 0 Å². The fraction of sp³-hybridized carbons (Fsp3) is 0.857. The second-order valence-corrected chi connectivity index (χ2v) is 14.0. The lowest BCUT2D eigenvalue weighted by Crippen LogP contribution is -2.38. The van der Waals surface area contributed by atoms with E-state index in [-0.39, 0.29) is 0 Å². The van der Waals surface area contributed by atoms with Gasteiger partial charge in [-0.25, -0.2) is 0 Å². The van der Waals surface area contributed by atoms with Crippen LogP contribution in [0.1, 0.15) is 13.8 Å². The molecule has 2 aliphatic heterocycles. The average Bonchev–Trinajstić information content (AvgIpc) is 2.65. The van der Waals surface area contributed by atoms with Gasteiger partial charge in [0.15, 0.2) is 0 Å². The number of thiocarbonyl (C=S) groups is 2. The van der Waals surface area contributed by atoms with Crippen LogP contribution in [0.15, 0.2) is 0 Å². The standard InChI is InChI=1S/C14H24N2O2S7/c1-11(22-24-13(19)15-3-7-17-8-4-15)21-12(2)23-25-14(20)16-5-9-18-10-6-16/h11-12H,3-10H2,1-2H3. The van der Waals surface area contributed by atoms with E-state index in [9.17, 15) is 0 Å². The van der Waals surface area contributed by atoms with Crippen molar-refractivity contribution in [2.24, 2.45) is 0 Å². The van der Waals surface area contributed by atoms with Crippen molar-refractivity contribution in [1.29, 1.82) is 0 Å². The molecule has 2 aliphatic rings. The Balaban J connectivity index is 1.58. The normalized spacial score (nSPS) is 21.0. The predicted octanol–water partition coefficient (Wildman–Crippen LogP) is 4.41. The molecular formula is C14H24N2O2S7. The Bertz CT molecular complexity index is 393. The molecule has 2 heterocycles. The third-order valence-electron chi connectivity index (χ3n) is 3.43. The van der Waals surface area contributed by atoms with Crippen molar-refractivity contribution in [3.8, 4) is 0 Å². The van der Waals surface area contributed by atoms with Crippen molar-refractivity contribution in [1.82, 2.24) is 9.80 Å². The highest BCUT2D eigenvalue weighted by Crippen LogP contribution is 2.43. The summed E-state index contributed by atoms with van der Waals surface area (Å²) in [4.78, 5) is 4.48. The molecule has 0 amide bonds. The van der Waals surface area contributed by atoms with Gasteiger partial charge in [-0.3, -0.25) is 0 Å². The second-order valence-electron chi connectivity index (χ2n) is 5.36. The fourth-order valence-electron chi connectivity index (χ4n) is 2.13. The van der Waals surface area contributed by atoms with Gasteiger partial charge in [0.1, 0.15) is 8.64 Å². The largest absolute Gasteiger partial charge is 0.378 e. The van der Waals surface area contributed by atoms with Crippen molar-refractivity contribution < 1.29 is 9.47 Å². The summed E-state index contributed by atoms with van der Waals surface area (Å²) in [6, 6.07) is 0. The number of thioether (sulfide) groups is 1. The van der Waals surface area contributed by atoms with E-state index in [4.69, 9.17) is 33.9 Å². The van der Waals surface area contributed by atoms with Crippen LogP contribution < -0.4 is 0 Å². The molecule has 2 atom stereocenters. The van der Waals surface area contributed by atoms with Crippen LogP contribution in [0.4, 0.5) is 0 Å². The highest BCUT2D eigenvalue weighted by molar-refractivity contribution is 8.86. The highest BCUT2D eigenvalue weighted by atomic mass is 33.1. The van der Waals surface area contributed by atoms with Gasteiger partial charge in [-0.15, -0.1) is 11.8 Å². The van der Waals surface area contributed by atoms with Crippen LogP contribution in [0.25, 0.3) is 0 Å². The molecule has 4 nitrogen and oxygen atoms in total. The minimum absolute atomic E-state index is 0.476. The number of hydrogen-bond acceptors (Lipinski definition) is 9. The van der Waals surface area contributed by atoms with E-state index in [1.54, 1.807) is 21.6 Å². The highest BCUT2D eigenvalue weighted by Gasteiger charge is 2.19. The van der Waals surface area contributed by atoms with Gasteiger partial charge in [-0.2, -0.15) is 0 Å². The molecule has 0 saturated carbocycles. The van der Waals surface area contributed by atoms with E-state index in [0.29, 0.717) is 9.16 Å². The van der Waals surface area contributed by atoms with Gasteiger partial charge in [0.05, 0.1) is 35.6 Å². The van der Waals surface area contributed by atoms with Gasteiger partial charge in [0.25, 0.3) is 0 Å². The number of ether oxygens (including phenoxy) is 2. The summed E-state index contributed by atoms with van der Waals surface area (Å²) in [6.45, 7) is 11.3. The van der Waals surface area contributed by atoms with Gasteiger partial charge in [-0.05, 0) is 35.4 Å². The monoisotopic (exact) mass is 476 g/mol. The van der Waals surface area contributed by atoms with E-state index in [2.05, 4.69) is 23.6 Å². The summed E-state index contributed by atoms with van der Waals surface area (Å²) in [5, 5.41) is 0. The van der Waals surface area contributed by atoms with Crippen LogP contribution in [-0.2, 0) is 9.47 Å². The molecule has 144 valence electrons. The third-order valence-corrected chi connectivity index (χ3v) is 12.6. The Morgan fingerprint density at radius 2 is 1.12 bits per heavy atom. The molecular weight excluding hydrogens is 453 g/mol. The van der Waals surface area contributed by atoms with Crippen molar-refractivity contribution in [2.45, 2.75) is 23.0 Å². The molecule has 0 aromatic heterocycles. The van der Waals surface area contributed by atoms with Gasteiger partial charge in [0, 0.05) is 26.2 Å². The zero-order valence-electron chi connectivity index (χ0n) is 14.4. The van der Waals surface area contributed by atoms with Crippen molar-refractivity contribution >= 4 is 88.0 Å². The summed E-state index contributed by atoms with van der Waals surface area (Å²) in [6.07, 6.45) is 0. The van der Waals surface area contributed by atoms with Crippen LogP contribution >= 0.6 is 79.4 Å². The lowest BCUT2D eigenvalue weighted by molar-refractivity contribution is 0.0702. The molecule has 0 bridgehead atoms. The topological polar surface area (TPSA) is 24.9 Å². The number of hydrogen-bond donors (Lipinski definition) is 0. The van der Waals surface area contributed by atoms with Gasteiger partial charge in [0.2, 0.25) is 0 Å². The first-order valence-electron chi connectivity index (χ1n) is 8.11. The minimum atomic E-state index is 0.476. The summed E-state index contributed by atoms with van der Waals surface area (Å²) < 4.78 is 13.6. The molecule has 0 N–H and O–H groups in total. The van der Waals surface area contributed by atoms with Crippen molar-refractivity contribution in [3.05, 3.63) is 0 Å². The van der Waals surface area contributed by atoms with Crippen molar-refractivity contribution in [2.75, 3.05) is 52.6 Å². The molecule has 2 rings (SSSR count). The first-order chi connectivity index (χ1) is 12.1. The number of nitrogens with zero attached hydrogens (tertiary/aromatic N) is 2. The molecule has 2 fully saturated rings. The smallest absolute Gasteiger partial charge is 0.147 e. The second kappa shape index (κ2) is 12.8. The first kappa shape index (κ1) is 22.7. The Morgan fingerprint density at radius 3 is 1.48 bits per heavy atom. The van der Waals surface area contributed by atoms with Crippen LogP contribution in [0.3, 0.4) is 0 Å². The van der Waals surface area contributed by atoms with Crippen LogP contribution in [0, 0.1) is 0 Å². The maximum Gasteiger partial charge on any atom is 0.147 e. The Hall–Kier alpha value is 1.45. The lowest BCUT2D eigenvalue weighted by atomic mass is 10.5. The third kappa shape index (κ3) is 8.99. The van der Waals surface area contributed by atoms with E-state index in [1.165, 1.54) is 0 Å². The minimum Gasteiger partial charge on any atom is -0.378 e. The summed E-state index contributed by atoms with van der Waals surface area (Å²) in [5.41, 5.74) is 0. The van der Waals surface area contributed by atoms with Gasteiger partial charge < -0.3 is 19.3 Å². The van der Waals surface area contributed by atoms with Crippen LogP contribution in [-0.4, -0.2) is 80.2 Å². The number of morpholine rings is 2. The average molecular weight is 477 g/mol. The molecule has 2 saturated heterocycles. The van der Waals surface area contributed by atoms with Gasteiger partial charge in [-0.1, -0.05) is 46.0 Å². The molecule has 0 aromatic rings. The molecule has 11 heteroatoms. The molecule has 0 radical (unpaired) electrons. The van der Waals surface area contributed by atoms with E-state index >= 15 is 0 Å². The fourth-order valence-corrected chi connectivity index (χ4v) is 9.79. The summed E-state index contributed by atoms with van der Waals surface area (Å²) in [5.74, 6) is 0. The van der Waals surface area contributed by atoms with E-state index in [0.717, 1.165) is 61.2 Å². The number of rotatable bonds is 6. The Kier molecular flexibility index (Phi) is 11.7. The van der Waals surface area contributed by atoms with E-state index in [1.807, 2.05) is 33.3 Å². The quantitative estimate of drug-likeness (QED) is 0.310. The van der Waals surface area contributed by atoms with Crippen molar-refractivity contribution in [3.63, 3.8) is 0 Å². The molecule has 0 aromatic carbocycles. The molecule has 2 unspecified atom stereocenters. The summed E-state index contributed by atoms with van der Waals surface area (Å²) in [7, 11) is 7.11. The zero-order chi connectivity index (χ0) is 18.1. The zero-order valence-corrected chi connectivity index (χ0v) is 20.1. The molecule has 25 heavy (non-hydrogen) atoms. The Labute approximate surface area is 181 Å². The maximum absolute atomic E-state index is 5.52. The van der Waals surface area contributed by atoms with E-state index < -0.39 is 0 Å². The first-order valence-corrected chi connectivity index (χ1v) is 14.3. The summed E-state index contributed by atoms with van der Waals surface area (Å²) >= 11 is 13.0. The Morgan fingerprint density at radius 1 is 0.760 bits per heavy atom. The van der Waals surface area contributed by atoms with Crippen LogP contribution in [0.5, 0.6) is 0 Å². The predicted molar refractivity (Wildman–Crippen MR) is 127 cm³/mol.